The van der Waals surface area contributed by atoms with E-state index in [4.69, 9.17) is 4.74 Å². The first-order valence-corrected chi connectivity index (χ1v) is 8.21. The largest absolute Gasteiger partial charge is 0.488 e. The molecule has 1 aromatic carbocycles. The van der Waals surface area contributed by atoms with Crippen LogP contribution >= 0.6 is 27.3 Å². The summed E-state index contributed by atoms with van der Waals surface area (Å²) < 4.78 is 20.2. The molecule has 1 heterocycles. The minimum absolute atomic E-state index is 0.232. The van der Waals surface area contributed by atoms with Crippen molar-refractivity contribution in [2.75, 3.05) is 6.54 Å². The number of rotatable bonds is 7. The predicted octanol–water partition coefficient (Wildman–Crippen LogP) is 4.73. The normalized spacial score (nSPS) is 10.8. The molecule has 108 valence electrons. The highest BCUT2D eigenvalue weighted by Crippen LogP contribution is 2.24. The summed E-state index contributed by atoms with van der Waals surface area (Å²) in [6.07, 6.45) is 1.05. The Hall–Kier alpha value is -0.910. The van der Waals surface area contributed by atoms with Crippen molar-refractivity contribution in [3.63, 3.8) is 0 Å². The Morgan fingerprint density at radius 1 is 1.35 bits per heavy atom. The lowest BCUT2D eigenvalue weighted by Crippen LogP contribution is -2.14. The number of hydrogen-bond donors (Lipinski definition) is 1. The summed E-state index contributed by atoms with van der Waals surface area (Å²) in [4.78, 5) is 1.13. The Morgan fingerprint density at radius 3 is 2.90 bits per heavy atom. The van der Waals surface area contributed by atoms with Crippen molar-refractivity contribution in [3.8, 4) is 5.75 Å². The molecule has 1 aromatic heterocycles. The van der Waals surface area contributed by atoms with Crippen LogP contribution in [0.3, 0.4) is 0 Å². The van der Waals surface area contributed by atoms with Gasteiger partial charge in [0.1, 0.15) is 18.2 Å². The van der Waals surface area contributed by atoms with E-state index in [-0.39, 0.29) is 5.82 Å². The number of nitrogens with one attached hydrogen (secondary N) is 1. The fourth-order valence-electron chi connectivity index (χ4n) is 1.81. The minimum Gasteiger partial charge on any atom is -0.488 e. The van der Waals surface area contributed by atoms with E-state index in [2.05, 4.69) is 28.2 Å². The zero-order chi connectivity index (χ0) is 14.4. The molecule has 0 spiro atoms. The predicted molar refractivity (Wildman–Crippen MR) is 84.7 cm³/mol. The summed E-state index contributed by atoms with van der Waals surface area (Å²) in [6.45, 7) is 4.14. The highest BCUT2D eigenvalue weighted by atomic mass is 79.9. The monoisotopic (exact) mass is 357 g/mol. The molecule has 0 radical (unpaired) electrons. The van der Waals surface area contributed by atoms with E-state index < -0.39 is 0 Å². The van der Waals surface area contributed by atoms with Crippen LogP contribution in [0.4, 0.5) is 4.39 Å². The van der Waals surface area contributed by atoms with Crippen LogP contribution in [0, 0.1) is 5.82 Å². The van der Waals surface area contributed by atoms with Crippen LogP contribution < -0.4 is 10.1 Å². The smallest absolute Gasteiger partial charge is 0.124 e. The van der Waals surface area contributed by atoms with Crippen LogP contribution in [0.25, 0.3) is 0 Å². The summed E-state index contributed by atoms with van der Waals surface area (Å²) in [7, 11) is 0. The third-order valence-electron chi connectivity index (χ3n) is 2.76. The molecule has 2 rings (SSSR count). The lowest BCUT2D eigenvalue weighted by molar-refractivity contribution is 0.305. The minimum atomic E-state index is -0.232. The third-order valence-corrected chi connectivity index (χ3v) is 4.43. The van der Waals surface area contributed by atoms with E-state index in [1.165, 1.54) is 12.1 Å². The van der Waals surface area contributed by atoms with Gasteiger partial charge >= 0.3 is 0 Å². The highest BCUT2D eigenvalue weighted by molar-refractivity contribution is 9.10. The fourth-order valence-corrected chi connectivity index (χ4v) is 3.17. The van der Waals surface area contributed by atoms with Gasteiger partial charge in [-0.2, -0.15) is 0 Å². The van der Waals surface area contributed by atoms with Crippen LogP contribution in [-0.4, -0.2) is 6.54 Å². The number of benzene rings is 1. The van der Waals surface area contributed by atoms with Crippen molar-refractivity contribution in [1.82, 2.24) is 5.32 Å². The second kappa shape index (κ2) is 7.76. The van der Waals surface area contributed by atoms with Crippen molar-refractivity contribution in [1.29, 1.82) is 0 Å². The topological polar surface area (TPSA) is 21.3 Å². The number of thiophene rings is 1. The molecule has 0 atom stereocenters. The molecule has 0 aliphatic carbocycles. The van der Waals surface area contributed by atoms with Gasteiger partial charge in [-0.15, -0.1) is 11.3 Å². The summed E-state index contributed by atoms with van der Waals surface area (Å²) in [5, 5.41) is 5.29. The van der Waals surface area contributed by atoms with Crippen molar-refractivity contribution in [3.05, 3.63) is 50.4 Å². The van der Waals surface area contributed by atoms with Gasteiger partial charge in [0.2, 0.25) is 0 Å². The zero-order valence-electron chi connectivity index (χ0n) is 11.3. The van der Waals surface area contributed by atoms with Gasteiger partial charge in [0.05, 0.1) is 0 Å². The van der Waals surface area contributed by atoms with Gasteiger partial charge in [0.15, 0.2) is 0 Å². The lowest BCUT2D eigenvalue weighted by Gasteiger charge is -2.11. The highest BCUT2D eigenvalue weighted by Gasteiger charge is 2.06. The molecule has 2 aromatic rings. The van der Waals surface area contributed by atoms with E-state index in [1.807, 2.05) is 11.4 Å². The summed E-state index contributed by atoms with van der Waals surface area (Å²) >= 11 is 5.06. The molecule has 0 amide bonds. The van der Waals surface area contributed by atoms with Crippen LogP contribution in [0.5, 0.6) is 5.75 Å². The maximum atomic E-state index is 13.3. The molecule has 20 heavy (non-hydrogen) atoms. The molecule has 5 heteroatoms. The molecule has 0 saturated carbocycles. The molecule has 1 N–H and O–H groups in total. The van der Waals surface area contributed by atoms with E-state index in [0.29, 0.717) is 13.2 Å². The Kier molecular flexibility index (Phi) is 6.01. The Balaban J connectivity index is 2.01. The van der Waals surface area contributed by atoms with Crippen molar-refractivity contribution >= 4 is 27.3 Å². The quantitative estimate of drug-likeness (QED) is 0.723. The molecule has 0 saturated heterocycles. The number of halogens is 2. The average molecular weight is 358 g/mol. The van der Waals surface area contributed by atoms with Gasteiger partial charge < -0.3 is 10.1 Å². The fraction of sp³-hybridized carbons (Fsp3) is 0.333. The molecular weight excluding hydrogens is 341 g/mol. The van der Waals surface area contributed by atoms with Gasteiger partial charge in [0, 0.05) is 26.8 Å². The molecule has 0 bridgehead atoms. The van der Waals surface area contributed by atoms with Crippen molar-refractivity contribution < 1.29 is 9.13 Å². The summed E-state index contributed by atoms with van der Waals surface area (Å²) in [5.74, 6) is 0.504. The maximum absolute atomic E-state index is 13.3. The zero-order valence-corrected chi connectivity index (χ0v) is 13.7. The first-order chi connectivity index (χ1) is 9.69. The summed E-state index contributed by atoms with van der Waals surface area (Å²) in [5.41, 5.74) is 0.856. The first-order valence-electron chi connectivity index (χ1n) is 6.54. The standard InChI is InChI=1S/C15H17BrFNOS/c1-2-5-18-8-11-6-13(17)3-4-15(11)19-9-14-7-12(16)10-20-14/h3-4,6-7,10,18H,2,5,8-9H2,1H3. The van der Waals surface area contributed by atoms with Crippen LogP contribution in [0.2, 0.25) is 0 Å². The van der Waals surface area contributed by atoms with Crippen LogP contribution in [0.1, 0.15) is 23.8 Å². The molecule has 0 unspecified atom stereocenters. The number of ether oxygens (including phenoxy) is 1. The Morgan fingerprint density at radius 2 is 2.20 bits per heavy atom. The maximum Gasteiger partial charge on any atom is 0.124 e. The molecule has 0 aliphatic heterocycles. The van der Waals surface area contributed by atoms with E-state index in [9.17, 15) is 4.39 Å². The average Bonchev–Trinajstić information content (AvgIpc) is 2.84. The second-order valence-electron chi connectivity index (χ2n) is 4.45. The molecule has 2 nitrogen and oxygen atoms in total. The third kappa shape index (κ3) is 4.58. The van der Waals surface area contributed by atoms with Gasteiger partial charge in [0.25, 0.3) is 0 Å². The SMILES string of the molecule is CCCNCc1cc(F)ccc1OCc1cc(Br)cs1. The van der Waals surface area contributed by atoms with E-state index in [0.717, 1.165) is 33.6 Å². The van der Waals surface area contributed by atoms with Crippen LogP contribution in [-0.2, 0) is 13.2 Å². The van der Waals surface area contributed by atoms with E-state index >= 15 is 0 Å². The first kappa shape index (κ1) is 15.5. The molecule has 0 aliphatic rings. The van der Waals surface area contributed by atoms with Crippen molar-refractivity contribution in [2.24, 2.45) is 0 Å². The van der Waals surface area contributed by atoms with Gasteiger partial charge in [-0.1, -0.05) is 6.92 Å². The van der Waals surface area contributed by atoms with Crippen molar-refractivity contribution in [2.45, 2.75) is 26.5 Å². The summed E-state index contributed by atoms with van der Waals surface area (Å²) in [6, 6.07) is 6.69. The molecule has 0 fully saturated rings. The van der Waals surface area contributed by atoms with Gasteiger partial charge in [-0.3, -0.25) is 0 Å². The van der Waals surface area contributed by atoms with Crippen LogP contribution in [0.15, 0.2) is 34.1 Å². The molecular formula is C15H17BrFNOS. The van der Waals surface area contributed by atoms with Gasteiger partial charge in [-0.25, -0.2) is 4.39 Å². The second-order valence-corrected chi connectivity index (χ2v) is 6.36. The number of hydrogen-bond acceptors (Lipinski definition) is 3. The Bertz CT molecular complexity index is 559. The lowest BCUT2D eigenvalue weighted by atomic mass is 10.2. The van der Waals surface area contributed by atoms with E-state index in [1.54, 1.807) is 17.4 Å². The Labute approximate surface area is 131 Å². The van der Waals surface area contributed by atoms with Gasteiger partial charge in [-0.05, 0) is 53.2 Å².